The molecule has 1 aliphatic heterocycles. The van der Waals surface area contributed by atoms with Crippen LogP contribution in [-0.2, 0) is 30.8 Å². The maximum absolute atomic E-state index is 13.4. The fourth-order valence-corrected chi connectivity index (χ4v) is 3.59. The van der Waals surface area contributed by atoms with Crippen LogP contribution in [0.3, 0.4) is 0 Å². The summed E-state index contributed by atoms with van der Waals surface area (Å²) in [7, 11) is 0. The monoisotopic (exact) mass is 358 g/mol. The largest absolute Gasteiger partial charge is 0.346 e. The van der Waals surface area contributed by atoms with Gasteiger partial charge in [-0.25, -0.2) is 13.9 Å². The van der Waals surface area contributed by atoms with Crippen molar-refractivity contribution in [1.82, 2.24) is 19.2 Å². The topological polar surface area (TPSA) is 60.1 Å². The molecular weight excluding hydrogens is 335 g/mol. The van der Waals surface area contributed by atoms with Crippen LogP contribution in [0.15, 0.2) is 29.1 Å². The van der Waals surface area contributed by atoms with Crippen LogP contribution in [0.1, 0.15) is 43.5 Å². The molecule has 1 aromatic carbocycles. The fraction of sp³-hybridized carbons (Fsp3) is 0.526. The average Bonchev–Trinajstić information content (AvgIpc) is 3.43. The molecule has 0 radical (unpaired) electrons. The Hall–Kier alpha value is -2.44. The number of carbonyl (C=O) groups is 1. The zero-order valence-corrected chi connectivity index (χ0v) is 14.7. The summed E-state index contributed by atoms with van der Waals surface area (Å²) < 4.78 is 16.4. The van der Waals surface area contributed by atoms with Gasteiger partial charge >= 0.3 is 5.69 Å². The van der Waals surface area contributed by atoms with E-state index in [9.17, 15) is 14.0 Å². The number of rotatable bonds is 5. The molecule has 4 rings (SSSR count). The quantitative estimate of drug-likeness (QED) is 0.822. The minimum Gasteiger partial charge on any atom is -0.334 e. The molecule has 0 spiro atoms. The lowest BCUT2D eigenvalue weighted by Gasteiger charge is -2.22. The van der Waals surface area contributed by atoms with E-state index in [0.29, 0.717) is 13.1 Å². The van der Waals surface area contributed by atoms with Gasteiger partial charge in [0.1, 0.15) is 18.2 Å². The number of carbonyl (C=O) groups excluding carboxylic acids is 1. The molecule has 7 heteroatoms. The highest BCUT2D eigenvalue weighted by molar-refractivity contribution is 5.76. The third-order valence-electron chi connectivity index (χ3n) is 5.12. The fourth-order valence-electron chi connectivity index (χ4n) is 3.59. The van der Waals surface area contributed by atoms with E-state index in [2.05, 4.69) is 5.10 Å². The summed E-state index contributed by atoms with van der Waals surface area (Å²) in [5.41, 5.74) is 0.565. The molecule has 1 amide bonds. The third-order valence-corrected chi connectivity index (χ3v) is 5.12. The first-order chi connectivity index (χ1) is 12.6. The summed E-state index contributed by atoms with van der Waals surface area (Å²) in [5, 5.41) is 4.39. The van der Waals surface area contributed by atoms with Gasteiger partial charge in [0.25, 0.3) is 0 Å². The molecular formula is C19H23FN4O2. The Bertz CT molecular complexity index is 869. The van der Waals surface area contributed by atoms with Gasteiger partial charge in [0, 0.05) is 25.6 Å². The minimum atomic E-state index is -0.306. The lowest BCUT2D eigenvalue weighted by atomic mass is 10.2. The minimum absolute atomic E-state index is 0.0509. The smallest absolute Gasteiger partial charge is 0.334 e. The Labute approximate surface area is 151 Å². The van der Waals surface area contributed by atoms with Crippen molar-refractivity contribution < 1.29 is 9.18 Å². The van der Waals surface area contributed by atoms with E-state index in [1.54, 1.807) is 15.5 Å². The normalized spacial score (nSPS) is 16.8. The van der Waals surface area contributed by atoms with E-state index in [1.165, 1.54) is 16.8 Å². The van der Waals surface area contributed by atoms with Gasteiger partial charge in [-0.2, -0.15) is 5.10 Å². The summed E-state index contributed by atoms with van der Waals surface area (Å²) >= 11 is 0. The molecule has 1 fully saturated rings. The van der Waals surface area contributed by atoms with Gasteiger partial charge in [-0.15, -0.1) is 0 Å². The van der Waals surface area contributed by atoms with Gasteiger partial charge in [-0.05, 0) is 43.4 Å². The molecule has 2 heterocycles. The molecule has 1 aliphatic carbocycles. The first-order valence-corrected chi connectivity index (χ1v) is 9.32. The maximum Gasteiger partial charge on any atom is 0.346 e. The Kier molecular flexibility index (Phi) is 4.61. The molecule has 1 aromatic heterocycles. The van der Waals surface area contributed by atoms with Crippen molar-refractivity contribution in [2.45, 2.75) is 64.2 Å². The predicted molar refractivity (Wildman–Crippen MR) is 94.0 cm³/mol. The number of hydrogen-bond donors (Lipinski definition) is 0. The van der Waals surface area contributed by atoms with Crippen molar-refractivity contribution in [3.05, 3.63) is 52.0 Å². The van der Waals surface area contributed by atoms with Gasteiger partial charge in [-0.1, -0.05) is 18.6 Å². The Balaban J connectivity index is 1.51. The lowest BCUT2D eigenvalue weighted by molar-refractivity contribution is -0.133. The second-order valence-electron chi connectivity index (χ2n) is 7.20. The van der Waals surface area contributed by atoms with Crippen LogP contribution in [0.5, 0.6) is 0 Å². The zero-order chi connectivity index (χ0) is 18.1. The number of amides is 1. The summed E-state index contributed by atoms with van der Waals surface area (Å²) in [6.07, 6.45) is 5.79. The summed E-state index contributed by atoms with van der Waals surface area (Å²) in [6, 6.07) is 6.49. The average molecular weight is 358 g/mol. The van der Waals surface area contributed by atoms with Gasteiger partial charge in [-0.3, -0.25) is 9.36 Å². The van der Waals surface area contributed by atoms with Crippen LogP contribution in [0, 0.1) is 5.82 Å². The van der Waals surface area contributed by atoms with Crippen LogP contribution >= 0.6 is 0 Å². The van der Waals surface area contributed by atoms with E-state index in [-0.39, 0.29) is 30.0 Å². The Morgan fingerprint density at radius 2 is 2.12 bits per heavy atom. The molecule has 2 aliphatic rings. The Morgan fingerprint density at radius 3 is 2.88 bits per heavy atom. The standard InChI is InChI=1S/C19H23FN4O2/c20-15-6-4-5-14(11-15)12-23(16-8-9-16)18(25)13-24-19(26)22-10-3-1-2-7-17(22)21-24/h4-6,11,16H,1-3,7-10,12-13H2. The summed E-state index contributed by atoms with van der Waals surface area (Å²) in [5.74, 6) is 0.343. The zero-order valence-electron chi connectivity index (χ0n) is 14.7. The van der Waals surface area contributed by atoms with Crippen molar-refractivity contribution >= 4 is 5.91 Å². The van der Waals surface area contributed by atoms with E-state index >= 15 is 0 Å². The molecule has 138 valence electrons. The van der Waals surface area contributed by atoms with Crippen LogP contribution in [0.25, 0.3) is 0 Å². The molecule has 2 aromatic rings. The maximum atomic E-state index is 13.4. The van der Waals surface area contributed by atoms with Crippen molar-refractivity contribution in [2.24, 2.45) is 0 Å². The highest BCUT2D eigenvalue weighted by atomic mass is 19.1. The second kappa shape index (κ2) is 7.05. The van der Waals surface area contributed by atoms with Gasteiger partial charge in [0.05, 0.1) is 0 Å². The van der Waals surface area contributed by atoms with Crippen molar-refractivity contribution in [1.29, 1.82) is 0 Å². The number of halogens is 1. The van der Waals surface area contributed by atoms with Gasteiger partial charge < -0.3 is 4.90 Å². The number of fused-ring (bicyclic) bond motifs is 1. The molecule has 0 atom stereocenters. The first-order valence-electron chi connectivity index (χ1n) is 9.32. The second-order valence-corrected chi connectivity index (χ2v) is 7.20. The van der Waals surface area contributed by atoms with Gasteiger partial charge in [0.2, 0.25) is 5.91 Å². The number of benzene rings is 1. The van der Waals surface area contributed by atoms with Gasteiger partial charge in [0.15, 0.2) is 0 Å². The summed E-state index contributed by atoms with van der Waals surface area (Å²) in [6.45, 7) is 0.992. The van der Waals surface area contributed by atoms with E-state index < -0.39 is 0 Å². The highest BCUT2D eigenvalue weighted by Gasteiger charge is 2.33. The van der Waals surface area contributed by atoms with E-state index in [1.807, 2.05) is 6.07 Å². The molecule has 0 unspecified atom stereocenters. The van der Waals surface area contributed by atoms with E-state index in [4.69, 9.17) is 0 Å². The molecule has 26 heavy (non-hydrogen) atoms. The third kappa shape index (κ3) is 3.57. The number of aromatic nitrogens is 3. The summed E-state index contributed by atoms with van der Waals surface area (Å²) in [4.78, 5) is 27.2. The number of nitrogens with zero attached hydrogens (tertiary/aromatic N) is 4. The van der Waals surface area contributed by atoms with Crippen molar-refractivity contribution in [3.8, 4) is 0 Å². The van der Waals surface area contributed by atoms with Crippen LogP contribution < -0.4 is 5.69 Å². The van der Waals surface area contributed by atoms with E-state index in [0.717, 1.165) is 49.9 Å². The molecule has 1 saturated carbocycles. The molecule has 6 nitrogen and oxygen atoms in total. The van der Waals surface area contributed by atoms with Crippen LogP contribution in [-0.4, -0.2) is 31.2 Å². The van der Waals surface area contributed by atoms with Crippen molar-refractivity contribution in [3.63, 3.8) is 0 Å². The van der Waals surface area contributed by atoms with Crippen molar-refractivity contribution in [2.75, 3.05) is 0 Å². The first kappa shape index (κ1) is 17.0. The number of hydrogen-bond acceptors (Lipinski definition) is 3. The Morgan fingerprint density at radius 1 is 1.27 bits per heavy atom. The predicted octanol–water partition coefficient (Wildman–Crippen LogP) is 2.10. The molecule has 0 N–H and O–H groups in total. The number of aryl methyl sites for hydroxylation is 1. The SMILES string of the molecule is O=C(Cn1nc2n(c1=O)CCCCC2)N(Cc1cccc(F)c1)C1CC1. The lowest BCUT2D eigenvalue weighted by Crippen LogP contribution is -2.38. The molecule has 0 saturated heterocycles. The van der Waals surface area contributed by atoms with Crippen LogP contribution in [0.4, 0.5) is 4.39 Å². The molecule has 0 bridgehead atoms. The van der Waals surface area contributed by atoms with Crippen LogP contribution in [0.2, 0.25) is 0 Å². The highest BCUT2D eigenvalue weighted by Crippen LogP contribution is 2.28.